The monoisotopic (exact) mass is 284 g/mol. The van der Waals surface area contributed by atoms with E-state index in [1.807, 2.05) is 55.6 Å². The van der Waals surface area contributed by atoms with E-state index >= 15 is 0 Å². The summed E-state index contributed by atoms with van der Waals surface area (Å²) in [7, 11) is 1.97. The molecule has 0 aliphatic rings. The molecular weight excluding hydrogens is 264 g/mol. The van der Waals surface area contributed by atoms with Gasteiger partial charge in [0.2, 0.25) is 5.91 Å². The molecule has 0 saturated carbocycles. The summed E-state index contributed by atoms with van der Waals surface area (Å²) in [5, 5.41) is 0. The zero-order chi connectivity index (χ0) is 15.1. The van der Waals surface area contributed by atoms with Gasteiger partial charge in [0.15, 0.2) is 0 Å². The molecule has 5 nitrogen and oxygen atoms in total. The molecule has 1 aromatic heterocycles. The van der Waals surface area contributed by atoms with Crippen LogP contribution in [-0.2, 0) is 11.3 Å². The number of carbonyl (C=O) groups is 1. The lowest BCUT2D eigenvalue weighted by Gasteiger charge is -2.23. The van der Waals surface area contributed by atoms with E-state index in [2.05, 4.69) is 15.3 Å². The molecule has 0 aliphatic carbocycles. The number of rotatable bonds is 6. The van der Waals surface area contributed by atoms with Crippen molar-refractivity contribution in [2.24, 2.45) is 5.84 Å². The molecule has 0 fully saturated rings. The van der Waals surface area contributed by atoms with Gasteiger partial charge in [-0.05, 0) is 24.7 Å². The van der Waals surface area contributed by atoms with Gasteiger partial charge in [-0.25, -0.2) is 5.84 Å². The maximum Gasteiger partial charge on any atom is 0.242 e. The topological polar surface area (TPSA) is 71.2 Å². The minimum Gasteiger partial charge on any atom is -0.299 e. The van der Waals surface area contributed by atoms with Crippen molar-refractivity contribution in [3.63, 3.8) is 0 Å². The number of hydrazine groups is 1. The van der Waals surface area contributed by atoms with Gasteiger partial charge in [-0.1, -0.05) is 36.4 Å². The number of nitrogens with zero attached hydrogens (tertiary/aromatic N) is 2. The first-order valence-corrected chi connectivity index (χ1v) is 6.84. The highest BCUT2D eigenvalue weighted by molar-refractivity contribution is 5.83. The summed E-state index contributed by atoms with van der Waals surface area (Å²) >= 11 is 0. The predicted octanol–water partition coefficient (Wildman–Crippen LogP) is 1.29. The lowest BCUT2D eigenvalue weighted by Crippen LogP contribution is -2.39. The molecule has 2 rings (SSSR count). The minimum absolute atomic E-state index is 0.186. The van der Waals surface area contributed by atoms with Gasteiger partial charge >= 0.3 is 0 Å². The Bertz CT molecular complexity index is 559. The molecule has 5 heteroatoms. The second-order valence-electron chi connectivity index (χ2n) is 4.99. The molecule has 2 aromatic rings. The van der Waals surface area contributed by atoms with Crippen LogP contribution in [0.1, 0.15) is 17.2 Å². The molecule has 0 spiro atoms. The van der Waals surface area contributed by atoms with Crippen LogP contribution >= 0.6 is 0 Å². The first kappa shape index (κ1) is 15.2. The number of amides is 1. The molecule has 1 amide bonds. The molecular formula is C16H20N4O. The van der Waals surface area contributed by atoms with Gasteiger partial charge in [0, 0.05) is 19.3 Å². The Kier molecular flexibility index (Phi) is 5.43. The van der Waals surface area contributed by atoms with E-state index in [1.54, 1.807) is 6.20 Å². The van der Waals surface area contributed by atoms with Crippen LogP contribution in [0, 0.1) is 0 Å². The largest absolute Gasteiger partial charge is 0.299 e. The number of benzene rings is 1. The van der Waals surface area contributed by atoms with E-state index in [0.717, 1.165) is 11.3 Å². The fourth-order valence-corrected chi connectivity index (χ4v) is 2.27. The van der Waals surface area contributed by atoms with Crippen LogP contribution in [0.5, 0.6) is 0 Å². The summed E-state index contributed by atoms with van der Waals surface area (Å²) in [5.74, 6) is 4.82. The van der Waals surface area contributed by atoms with Gasteiger partial charge < -0.3 is 0 Å². The normalized spacial score (nSPS) is 12.1. The van der Waals surface area contributed by atoms with Gasteiger partial charge in [0.25, 0.3) is 0 Å². The van der Waals surface area contributed by atoms with Gasteiger partial charge in [0.1, 0.15) is 0 Å². The number of pyridine rings is 1. The molecule has 1 heterocycles. The summed E-state index contributed by atoms with van der Waals surface area (Å²) in [6.07, 6.45) is 1.77. The van der Waals surface area contributed by atoms with Crippen molar-refractivity contribution in [3.05, 3.63) is 66.0 Å². The zero-order valence-corrected chi connectivity index (χ0v) is 12.1. The average Bonchev–Trinajstić information content (AvgIpc) is 2.53. The Morgan fingerprint density at radius 2 is 1.95 bits per heavy atom. The van der Waals surface area contributed by atoms with Crippen LogP contribution in [0.3, 0.4) is 0 Å². The highest BCUT2D eigenvalue weighted by Crippen LogP contribution is 2.17. The van der Waals surface area contributed by atoms with E-state index in [1.165, 1.54) is 0 Å². The van der Waals surface area contributed by atoms with E-state index in [0.29, 0.717) is 13.1 Å². The van der Waals surface area contributed by atoms with Crippen molar-refractivity contribution in [2.75, 3.05) is 13.6 Å². The zero-order valence-electron chi connectivity index (χ0n) is 12.1. The highest BCUT2D eigenvalue weighted by atomic mass is 16.2. The lowest BCUT2D eigenvalue weighted by molar-refractivity contribution is -0.123. The maximum absolute atomic E-state index is 12.0. The average molecular weight is 284 g/mol. The molecule has 21 heavy (non-hydrogen) atoms. The summed E-state index contributed by atoms with van der Waals surface area (Å²) in [5.41, 5.74) is 4.18. The van der Waals surface area contributed by atoms with Crippen molar-refractivity contribution in [1.29, 1.82) is 0 Å². The molecule has 1 aromatic carbocycles. The Morgan fingerprint density at radius 3 is 2.57 bits per heavy atom. The maximum atomic E-state index is 12.0. The number of hydrogen-bond donors (Lipinski definition) is 2. The number of aromatic nitrogens is 1. The SMILES string of the molecule is CN(Cc1ccccn1)CC(C(=O)NN)c1ccccc1. The van der Waals surface area contributed by atoms with E-state index in [4.69, 9.17) is 5.84 Å². The van der Waals surface area contributed by atoms with Crippen LogP contribution in [0.15, 0.2) is 54.7 Å². The molecule has 3 N–H and O–H groups in total. The Hall–Kier alpha value is -2.24. The molecule has 0 aliphatic heterocycles. The van der Waals surface area contributed by atoms with Gasteiger partial charge in [-0.3, -0.25) is 20.1 Å². The van der Waals surface area contributed by atoms with Crippen molar-refractivity contribution in [3.8, 4) is 0 Å². The summed E-state index contributed by atoms with van der Waals surface area (Å²) in [6, 6.07) is 15.5. The number of carbonyl (C=O) groups excluding carboxylic acids is 1. The lowest BCUT2D eigenvalue weighted by atomic mass is 9.98. The minimum atomic E-state index is -0.301. The molecule has 1 unspecified atom stereocenters. The smallest absolute Gasteiger partial charge is 0.242 e. The number of likely N-dealkylation sites (N-methyl/N-ethyl adjacent to an activating group) is 1. The van der Waals surface area contributed by atoms with Crippen molar-refractivity contribution in [2.45, 2.75) is 12.5 Å². The Balaban J connectivity index is 2.07. The Morgan fingerprint density at radius 1 is 1.24 bits per heavy atom. The van der Waals surface area contributed by atoms with Crippen LogP contribution < -0.4 is 11.3 Å². The third-order valence-electron chi connectivity index (χ3n) is 3.31. The summed E-state index contributed by atoms with van der Waals surface area (Å²) < 4.78 is 0. The van der Waals surface area contributed by atoms with E-state index < -0.39 is 0 Å². The van der Waals surface area contributed by atoms with Crippen LogP contribution in [0.25, 0.3) is 0 Å². The number of hydrogen-bond acceptors (Lipinski definition) is 4. The first-order valence-electron chi connectivity index (χ1n) is 6.84. The van der Waals surface area contributed by atoms with Gasteiger partial charge in [0.05, 0.1) is 11.6 Å². The molecule has 1 atom stereocenters. The van der Waals surface area contributed by atoms with Crippen LogP contribution in [-0.4, -0.2) is 29.4 Å². The third-order valence-corrected chi connectivity index (χ3v) is 3.31. The van der Waals surface area contributed by atoms with Crippen LogP contribution in [0.4, 0.5) is 0 Å². The van der Waals surface area contributed by atoms with Gasteiger partial charge in [-0.2, -0.15) is 0 Å². The second-order valence-corrected chi connectivity index (χ2v) is 4.99. The Labute approximate surface area is 124 Å². The van der Waals surface area contributed by atoms with E-state index in [9.17, 15) is 4.79 Å². The predicted molar refractivity (Wildman–Crippen MR) is 82.1 cm³/mol. The van der Waals surface area contributed by atoms with Crippen molar-refractivity contribution < 1.29 is 4.79 Å². The standard InChI is InChI=1S/C16H20N4O/c1-20(11-14-9-5-6-10-18-14)12-15(16(21)19-17)13-7-3-2-4-8-13/h2-10,15H,11-12,17H2,1H3,(H,19,21). The molecule has 0 saturated heterocycles. The fourth-order valence-electron chi connectivity index (χ4n) is 2.27. The number of nitrogens with one attached hydrogen (secondary N) is 1. The molecule has 0 bridgehead atoms. The number of nitrogens with two attached hydrogens (primary N) is 1. The molecule has 110 valence electrons. The van der Waals surface area contributed by atoms with E-state index in [-0.39, 0.29) is 11.8 Å². The summed E-state index contributed by atoms with van der Waals surface area (Å²) in [6.45, 7) is 1.26. The van der Waals surface area contributed by atoms with Gasteiger partial charge in [-0.15, -0.1) is 0 Å². The quantitative estimate of drug-likeness (QED) is 0.476. The summed E-state index contributed by atoms with van der Waals surface area (Å²) in [4.78, 5) is 18.4. The van der Waals surface area contributed by atoms with Crippen LogP contribution in [0.2, 0.25) is 0 Å². The van der Waals surface area contributed by atoms with Crippen molar-refractivity contribution >= 4 is 5.91 Å². The molecule has 0 radical (unpaired) electrons. The third kappa shape index (κ3) is 4.37. The first-order chi connectivity index (χ1) is 10.2. The fraction of sp³-hybridized carbons (Fsp3) is 0.250. The highest BCUT2D eigenvalue weighted by Gasteiger charge is 2.21. The van der Waals surface area contributed by atoms with Crippen molar-refractivity contribution in [1.82, 2.24) is 15.3 Å². The second kappa shape index (κ2) is 7.52.